The number of aromatic nitrogens is 3. The Morgan fingerprint density at radius 1 is 1.17 bits per heavy atom. The van der Waals surface area contributed by atoms with Crippen LogP contribution < -0.4 is 5.32 Å². The number of hydrogen-bond donors (Lipinski definition) is 1. The van der Waals surface area contributed by atoms with E-state index < -0.39 is 5.60 Å². The van der Waals surface area contributed by atoms with Crippen LogP contribution in [0.1, 0.15) is 45.6 Å². The predicted molar refractivity (Wildman–Crippen MR) is 113 cm³/mol. The number of carbonyl (C=O) groups excluding carboxylic acids is 2. The molecule has 0 saturated carbocycles. The average molecular weight is 414 g/mol. The van der Waals surface area contributed by atoms with Gasteiger partial charge in [0.15, 0.2) is 0 Å². The monoisotopic (exact) mass is 413 g/mol. The molecule has 8 heteroatoms. The number of nitrogens with one attached hydrogen (secondary N) is 1. The van der Waals surface area contributed by atoms with Crippen molar-refractivity contribution in [2.24, 2.45) is 13.0 Å². The van der Waals surface area contributed by atoms with Gasteiger partial charge in [0.2, 0.25) is 5.91 Å². The number of pyridine rings is 1. The fraction of sp³-hybridized carbons (Fsp3) is 0.545. The van der Waals surface area contributed by atoms with Crippen LogP contribution in [0.3, 0.4) is 0 Å². The Bertz CT molecular complexity index is 879. The average Bonchev–Trinajstić information content (AvgIpc) is 3.12. The molecule has 1 N–H and O–H groups in total. The molecule has 0 bridgehead atoms. The Labute approximate surface area is 177 Å². The highest BCUT2D eigenvalue weighted by atomic mass is 16.6. The molecule has 0 atom stereocenters. The van der Waals surface area contributed by atoms with Crippen LogP contribution in [0.25, 0.3) is 11.1 Å². The Balaban J connectivity index is 1.43. The van der Waals surface area contributed by atoms with Crippen LogP contribution in [0.5, 0.6) is 0 Å². The molecule has 0 aromatic carbocycles. The van der Waals surface area contributed by atoms with Crippen molar-refractivity contribution >= 4 is 12.0 Å². The minimum Gasteiger partial charge on any atom is -0.444 e. The molecule has 30 heavy (non-hydrogen) atoms. The van der Waals surface area contributed by atoms with E-state index in [4.69, 9.17) is 4.74 Å². The summed E-state index contributed by atoms with van der Waals surface area (Å²) in [6.45, 7) is 7.29. The van der Waals surface area contributed by atoms with Crippen LogP contribution in [-0.2, 0) is 23.1 Å². The number of rotatable bonds is 5. The number of aryl methyl sites for hydroxylation is 1. The van der Waals surface area contributed by atoms with Crippen LogP contribution >= 0.6 is 0 Å². The van der Waals surface area contributed by atoms with Crippen LogP contribution in [0.4, 0.5) is 4.79 Å². The topological polar surface area (TPSA) is 89.4 Å². The van der Waals surface area contributed by atoms with Crippen molar-refractivity contribution in [3.63, 3.8) is 0 Å². The molecule has 0 spiro atoms. The highest BCUT2D eigenvalue weighted by Crippen LogP contribution is 2.22. The molecule has 1 aliphatic rings. The number of hydrogen-bond acceptors (Lipinski definition) is 5. The minimum atomic E-state index is -0.489. The Morgan fingerprint density at radius 2 is 1.90 bits per heavy atom. The summed E-state index contributed by atoms with van der Waals surface area (Å²) in [5.41, 5.74) is 2.43. The van der Waals surface area contributed by atoms with E-state index >= 15 is 0 Å². The van der Waals surface area contributed by atoms with E-state index in [9.17, 15) is 9.59 Å². The highest BCUT2D eigenvalue weighted by Gasteiger charge is 2.27. The van der Waals surface area contributed by atoms with E-state index in [0.29, 0.717) is 26.1 Å². The van der Waals surface area contributed by atoms with Gasteiger partial charge in [-0.1, -0.05) is 0 Å². The van der Waals surface area contributed by atoms with E-state index in [-0.39, 0.29) is 17.9 Å². The summed E-state index contributed by atoms with van der Waals surface area (Å²) in [6.07, 6.45) is 9.10. The summed E-state index contributed by atoms with van der Waals surface area (Å²) >= 11 is 0. The number of amides is 2. The summed E-state index contributed by atoms with van der Waals surface area (Å²) < 4.78 is 7.17. The van der Waals surface area contributed by atoms with Gasteiger partial charge in [-0.25, -0.2) is 4.79 Å². The third kappa shape index (κ3) is 6.30. The molecule has 1 saturated heterocycles. The lowest BCUT2D eigenvalue weighted by molar-refractivity contribution is -0.122. The van der Waals surface area contributed by atoms with E-state index in [1.54, 1.807) is 28.2 Å². The largest absolute Gasteiger partial charge is 0.444 e. The van der Waals surface area contributed by atoms with Gasteiger partial charge in [-0.3, -0.25) is 14.5 Å². The molecule has 0 unspecified atom stereocenters. The van der Waals surface area contributed by atoms with Gasteiger partial charge in [0.05, 0.1) is 6.20 Å². The molecule has 1 fully saturated rings. The first-order valence-electron chi connectivity index (χ1n) is 10.4. The Morgan fingerprint density at radius 3 is 2.53 bits per heavy atom. The minimum absolute atomic E-state index is 0.0255. The summed E-state index contributed by atoms with van der Waals surface area (Å²) in [4.78, 5) is 30.6. The zero-order valence-corrected chi connectivity index (χ0v) is 18.2. The molecule has 3 heterocycles. The van der Waals surface area contributed by atoms with Gasteiger partial charge in [-0.05, 0) is 51.2 Å². The standard InChI is InChI=1S/C22H31N5O3/c1-22(2,3)30-21(29)27-7-5-16(6-8-27)10-20(28)24-12-17-9-18(13-23-11-17)19-14-25-26(4)15-19/h9,11,13-16H,5-8,10,12H2,1-4H3,(H,24,28). The van der Waals surface area contributed by atoms with Gasteiger partial charge in [-0.2, -0.15) is 5.10 Å². The van der Waals surface area contributed by atoms with Crippen molar-refractivity contribution in [1.29, 1.82) is 0 Å². The lowest BCUT2D eigenvalue weighted by atomic mass is 9.93. The molecule has 2 aromatic heterocycles. The van der Waals surface area contributed by atoms with Crippen molar-refractivity contribution < 1.29 is 14.3 Å². The molecule has 2 amide bonds. The second-order valence-corrected chi connectivity index (χ2v) is 8.88. The zero-order chi connectivity index (χ0) is 21.7. The summed E-state index contributed by atoms with van der Waals surface area (Å²) in [6, 6.07) is 2.02. The third-order valence-corrected chi connectivity index (χ3v) is 5.06. The van der Waals surface area contributed by atoms with Crippen LogP contribution in [0.2, 0.25) is 0 Å². The Kier molecular flexibility index (Phi) is 6.74. The summed E-state index contributed by atoms with van der Waals surface area (Å²) in [5, 5.41) is 7.17. The fourth-order valence-corrected chi connectivity index (χ4v) is 3.49. The maximum absolute atomic E-state index is 12.4. The van der Waals surface area contributed by atoms with Gasteiger partial charge < -0.3 is 15.0 Å². The quantitative estimate of drug-likeness (QED) is 0.813. The maximum atomic E-state index is 12.4. The first-order valence-corrected chi connectivity index (χ1v) is 10.4. The molecule has 0 aliphatic carbocycles. The zero-order valence-electron chi connectivity index (χ0n) is 18.2. The van der Waals surface area contributed by atoms with Crippen molar-refractivity contribution in [2.45, 2.75) is 52.2 Å². The van der Waals surface area contributed by atoms with Crippen molar-refractivity contribution in [3.8, 4) is 11.1 Å². The van der Waals surface area contributed by atoms with Gasteiger partial charge >= 0.3 is 6.09 Å². The molecular formula is C22H31N5O3. The fourth-order valence-electron chi connectivity index (χ4n) is 3.49. The maximum Gasteiger partial charge on any atom is 0.410 e. The molecule has 1 aliphatic heterocycles. The van der Waals surface area contributed by atoms with E-state index in [1.165, 1.54) is 0 Å². The molecule has 8 nitrogen and oxygen atoms in total. The second-order valence-electron chi connectivity index (χ2n) is 8.88. The van der Waals surface area contributed by atoms with E-state index in [0.717, 1.165) is 29.5 Å². The van der Waals surface area contributed by atoms with Gasteiger partial charge in [0, 0.05) is 62.8 Å². The van der Waals surface area contributed by atoms with Crippen LogP contribution in [0, 0.1) is 5.92 Å². The van der Waals surface area contributed by atoms with Crippen LogP contribution in [0.15, 0.2) is 30.9 Å². The number of likely N-dealkylation sites (tertiary alicyclic amines) is 1. The molecule has 3 rings (SSSR count). The molecular weight excluding hydrogens is 382 g/mol. The van der Waals surface area contributed by atoms with Crippen molar-refractivity contribution in [1.82, 2.24) is 25.0 Å². The third-order valence-electron chi connectivity index (χ3n) is 5.06. The first-order chi connectivity index (χ1) is 14.2. The second kappa shape index (κ2) is 9.28. The van der Waals surface area contributed by atoms with E-state index in [1.807, 2.05) is 40.1 Å². The van der Waals surface area contributed by atoms with E-state index in [2.05, 4.69) is 15.4 Å². The molecule has 0 radical (unpaired) electrons. The van der Waals surface area contributed by atoms with Gasteiger partial charge in [-0.15, -0.1) is 0 Å². The lowest BCUT2D eigenvalue weighted by Gasteiger charge is -2.33. The van der Waals surface area contributed by atoms with Gasteiger partial charge in [0.25, 0.3) is 0 Å². The number of carbonyl (C=O) groups is 2. The smallest absolute Gasteiger partial charge is 0.410 e. The summed E-state index contributed by atoms with van der Waals surface area (Å²) in [7, 11) is 1.87. The molecule has 162 valence electrons. The van der Waals surface area contributed by atoms with Crippen LogP contribution in [-0.4, -0.2) is 50.4 Å². The SMILES string of the molecule is Cn1cc(-c2cncc(CNC(=O)CC3CCN(C(=O)OC(C)(C)C)CC3)c2)cn1. The summed E-state index contributed by atoms with van der Waals surface area (Å²) in [5.74, 6) is 0.307. The Hall–Kier alpha value is -2.90. The number of ether oxygens (including phenoxy) is 1. The van der Waals surface area contributed by atoms with Crippen molar-refractivity contribution in [2.75, 3.05) is 13.1 Å². The van der Waals surface area contributed by atoms with Gasteiger partial charge in [0.1, 0.15) is 5.60 Å². The number of nitrogens with zero attached hydrogens (tertiary/aromatic N) is 4. The number of piperidine rings is 1. The normalized spacial score (nSPS) is 15.1. The lowest BCUT2D eigenvalue weighted by Crippen LogP contribution is -2.42. The van der Waals surface area contributed by atoms with Crippen molar-refractivity contribution in [3.05, 3.63) is 36.4 Å². The predicted octanol–water partition coefficient (Wildman–Crippen LogP) is 3.14. The highest BCUT2D eigenvalue weighted by molar-refractivity contribution is 5.76. The molecule has 2 aromatic rings. The first kappa shape index (κ1) is 21.8.